The summed E-state index contributed by atoms with van der Waals surface area (Å²) in [5.41, 5.74) is 10.4. The molecule has 0 spiro atoms. The highest BCUT2D eigenvalue weighted by Gasteiger charge is 2.29. The van der Waals surface area contributed by atoms with Crippen molar-refractivity contribution in [3.63, 3.8) is 0 Å². The van der Waals surface area contributed by atoms with Crippen LogP contribution in [0.2, 0.25) is 0 Å². The van der Waals surface area contributed by atoms with Crippen LogP contribution in [-0.4, -0.2) is 58.3 Å². The molecule has 4 aromatic rings. The van der Waals surface area contributed by atoms with Gasteiger partial charge < -0.3 is 25.0 Å². The third kappa shape index (κ3) is 6.57. The number of piperidine rings is 1. The molecule has 1 aliphatic rings. The summed E-state index contributed by atoms with van der Waals surface area (Å²) in [6, 6.07) is 15.0. The van der Waals surface area contributed by atoms with Gasteiger partial charge in [0.1, 0.15) is 11.6 Å². The number of aryl methyl sites for hydroxylation is 1. The van der Waals surface area contributed by atoms with Gasteiger partial charge in [0, 0.05) is 80.6 Å². The highest BCUT2D eigenvalue weighted by atomic mass is 19.1. The lowest BCUT2D eigenvalue weighted by molar-refractivity contribution is -0.132. The lowest BCUT2D eigenvalue weighted by atomic mass is 9.93. The lowest BCUT2D eigenvalue weighted by Gasteiger charge is -2.34. The van der Waals surface area contributed by atoms with Crippen molar-refractivity contribution in [3.05, 3.63) is 83.7 Å². The summed E-state index contributed by atoms with van der Waals surface area (Å²) in [7, 11) is 1.62. The summed E-state index contributed by atoms with van der Waals surface area (Å²) in [5.74, 6) is -0.954. The number of carbonyl (C=O) groups excluding carboxylic acids is 1. The number of aromatic nitrogens is 2. The monoisotopic (exact) mass is 562 g/mol. The number of amides is 1. The van der Waals surface area contributed by atoms with Crippen LogP contribution in [0.25, 0.3) is 22.0 Å². The van der Waals surface area contributed by atoms with Gasteiger partial charge in [-0.15, -0.1) is 0 Å². The van der Waals surface area contributed by atoms with Gasteiger partial charge in [0.2, 0.25) is 11.8 Å². The van der Waals surface area contributed by atoms with Crippen molar-refractivity contribution in [2.45, 2.75) is 50.6 Å². The topological polar surface area (TPSA) is 93.6 Å². The van der Waals surface area contributed by atoms with Crippen LogP contribution in [0.3, 0.4) is 0 Å². The van der Waals surface area contributed by atoms with Crippen LogP contribution in [0.5, 0.6) is 5.88 Å². The van der Waals surface area contributed by atoms with E-state index in [2.05, 4.69) is 4.98 Å². The SMILES string of the molecule is COCCCn1c([C@@H]2CCCN(C(=O)C[C@H](N)Cc3ccc(-c4ccc(O)nc4)cc3)C2)cc2c(F)ccc(F)c21. The summed E-state index contributed by atoms with van der Waals surface area (Å²) in [5, 5.41) is 9.67. The molecule has 0 aliphatic carbocycles. The maximum Gasteiger partial charge on any atom is 0.224 e. The summed E-state index contributed by atoms with van der Waals surface area (Å²) < 4.78 is 36.6. The van der Waals surface area contributed by atoms with E-state index >= 15 is 0 Å². The minimum Gasteiger partial charge on any atom is -0.493 e. The molecule has 1 aliphatic heterocycles. The van der Waals surface area contributed by atoms with E-state index < -0.39 is 11.6 Å². The smallest absolute Gasteiger partial charge is 0.224 e. The number of fused-ring (bicyclic) bond motifs is 1. The number of halogens is 2. The van der Waals surface area contributed by atoms with Crippen LogP contribution in [0.4, 0.5) is 8.78 Å². The zero-order valence-corrected chi connectivity index (χ0v) is 23.2. The fourth-order valence-electron chi connectivity index (χ4n) is 5.83. The average Bonchev–Trinajstić information content (AvgIpc) is 3.37. The predicted molar refractivity (Wildman–Crippen MR) is 155 cm³/mol. The van der Waals surface area contributed by atoms with Gasteiger partial charge >= 0.3 is 0 Å². The number of aromatic hydroxyl groups is 1. The minimum atomic E-state index is -0.451. The quantitative estimate of drug-likeness (QED) is 0.253. The van der Waals surface area contributed by atoms with Crippen molar-refractivity contribution in [3.8, 4) is 17.0 Å². The van der Waals surface area contributed by atoms with Crippen LogP contribution in [-0.2, 0) is 22.5 Å². The second-order valence-electron chi connectivity index (χ2n) is 10.8. The Morgan fingerprint density at radius 3 is 2.61 bits per heavy atom. The fourth-order valence-corrected chi connectivity index (χ4v) is 5.83. The first kappa shape index (κ1) is 28.7. The number of likely N-dealkylation sites (tertiary alicyclic amines) is 1. The fraction of sp³-hybridized carbons (Fsp3) is 0.375. The van der Waals surface area contributed by atoms with E-state index in [1.54, 1.807) is 31.5 Å². The molecule has 0 bridgehead atoms. The van der Waals surface area contributed by atoms with Gasteiger partial charge in [0.25, 0.3) is 0 Å². The maximum atomic E-state index is 14.9. The van der Waals surface area contributed by atoms with Gasteiger partial charge in [0.05, 0.1) is 5.52 Å². The number of ether oxygens (including phenoxy) is 1. The van der Waals surface area contributed by atoms with Crippen molar-refractivity contribution in [1.29, 1.82) is 0 Å². The zero-order valence-electron chi connectivity index (χ0n) is 23.2. The largest absolute Gasteiger partial charge is 0.493 e. The van der Waals surface area contributed by atoms with Crippen LogP contribution >= 0.6 is 0 Å². The van der Waals surface area contributed by atoms with Crippen molar-refractivity contribution in [1.82, 2.24) is 14.5 Å². The Morgan fingerprint density at radius 1 is 1.12 bits per heavy atom. The molecule has 41 heavy (non-hydrogen) atoms. The minimum absolute atomic E-state index is 0.00612. The van der Waals surface area contributed by atoms with Crippen LogP contribution in [0.15, 0.2) is 60.8 Å². The second kappa shape index (κ2) is 12.8. The molecule has 2 atom stereocenters. The van der Waals surface area contributed by atoms with Gasteiger partial charge in [0.15, 0.2) is 0 Å². The maximum absolute atomic E-state index is 14.9. The number of hydrogen-bond donors (Lipinski definition) is 2. The number of methoxy groups -OCH3 is 1. The van der Waals surface area contributed by atoms with E-state index in [1.807, 2.05) is 33.7 Å². The highest BCUT2D eigenvalue weighted by molar-refractivity contribution is 5.83. The van der Waals surface area contributed by atoms with Gasteiger partial charge in [-0.3, -0.25) is 4.79 Å². The first-order valence-corrected chi connectivity index (χ1v) is 14.1. The Morgan fingerprint density at radius 2 is 1.88 bits per heavy atom. The summed E-state index contributed by atoms with van der Waals surface area (Å²) in [6.07, 6.45) is 4.71. The standard InChI is InChI=1S/C32H36F2N4O3/c1-41-15-3-14-38-29(18-26-27(33)10-11-28(34)32(26)38)24-4-2-13-37(20-24)31(40)17-25(35)16-21-5-7-22(8-6-21)23-9-12-30(39)36-19-23/h5-12,18-19,24-25H,2-4,13-17,20,35H2,1H3,(H,36,39)/t24-,25-/m1/s1. The molecule has 3 N–H and O–H groups in total. The highest BCUT2D eigenvalue weighted by Crippen LogP contribution is 2.34. The lowest BCUT2D eigenvalue weighted by Crippen LogP contribution is -2.42. The molecule has 1 saturated heterocycles. The molecule has 1 fully saturated rings. The zero-order chi connectivity index (χ0) is 28.9. The Hall–Kier alpha value is -3.82. The van der Waals surface area contributed by atoms with Crippen molar-refractivity contribution < 1.29 is 23.4 Å². The Kier molecular flexibility index (Phi) is 8.95. The molecule has 9 heteroatoms. The number of nitrogens with two attached hydrogens (primary N) is 1. The van der Waals surface area contributed by atoms with Crippen molar-refractivity contribution in [2.75, 3.05) is 26.8 Å². The molecule has 5 rings (SSSR count). The first-order valence-electron chi connectivity index (χ1n) is 14.1. The van der Waals surface area contributed by atoms with Gasteiger partial charge in [-0.2, -0.15) is 0 Å². The Labute approximate surface area is 238 Å². The first-order chi connectivity index (χ1) is 19.8. The molecule has 216 valence electrons. The third-order valence-corrected chi connectivity index (χ3v) is 7.88. The summed E-state index contributed by atoms with van der Waals surface area (Å²) >= 11 is 0. The van der Waals surface area contributed by atoms with Crippen LogP contribution in [0, 0.1) is 11.6 Å². The summed E-state index contributed by atoms with van der Waals surface area (Å²) in [4.78, 5) is 19.1. The van der Waals surface area contributed by atoms with E-state index in [4.69, 9.17) is 10.5 Å². The predicted octanol–water partition coefficient (Wildman–Crippen LogP) is 5.39. The molecular formula is C32H36F2N4O3. The molecule has 1 amide bonds. The van der Waals surface area contributed by atoms with Crippen LogP contribution in [0.1, 0.15) is 42.9 Å². The van der Waals surface area contributed by atoms with E-state index in [0.29, 0.717) is 39.1 Å². The van der Waals surface area contributed by atoms with E-state index in [9.17, 15) is 18.7 Å². The molecule has 0 unspecified atom stereocenters. The molecular weight excluding hydrogens is 526 g/mol. The van der Waals surface area contributed by atoms with E-state index in [1.165, 1.54) is 6.07 Å². The molecule has 7 nitrogen and oxygen atoms in total. The number of nitrogens with zero attached hydrogens (tertiary/aromatic N) is 3. The Balaban J connectivity index is 1.24. The number of rotatable bonds is 10. The molecule has 0 saturated carbocycles. The Bertz CT molecular complexity index is 1490. The number of pyridine rings is 1. The average molecular weight is 563 g/mol. The number of carbonyl (C=O) groups is 1. The normalized spacial score (nSPS) is 16.3. The summed E-state index contributed by atoms with van der Waals surface area (Å²) in [6.45, 7) is 2.15. The molecule has 3 heterocycles. The second-order valence-corrected chi connectivity index (χ2v) is 10.8. The molecule has 2 aromatic heterocycles. The van der Waals surface area contributed by atoms with Crippen LogP contribution < -0.4 is 5.73 Å². The molecule has 2 aromatic carbocycles. The van der Waals surface area contributed by atoms with Gasteiger partial charge in [-0.25, -0.2) is 13.8 Å². The van der Waals surface area contributed by atoms with Crippen molar-refractivity contribution in [2.24, 2.45) is 5.73 Å². The van der Waals surface area contributed by atoms with Crippen molar-refractivity contribution >= 4 is 16.8 Å². The molecule has 0 radical (unpaired) electrons. The third-order valence-electron chi connectivity index (χ3n) is 7.88. The number of benzene rings is 2. The number of hydrogen-bond acceptors (Lipinski definition) is 5. The van der Waals surface area contributed by atoms with E-state index in [0.717, 1.165) is 41.3 Å². The van der Waals surface area contributed by atoms with E-state index in [-0.39, 0.29) is 41.1 Å². The van der Waals surface area contributed by atoms with Gasteiger partial charge in [-0.1, -0.05) is 24.3 Å². The van der Waals surface area contributed by atoms with Gasteiger partial charge in [-0.05, 0) is 61.1 Å².